The monoisotopic (exact) mass is 228 g/mol. The molecule has 3 heteroatoms. The molecule has 88 valence electrons. The molecule has 0 aliphatic heterocycles. The van der Waals surface area contributed by atoms with Crippen molar-refractivity contribution in [2.75, 3.05) is 18.1 Å². The van der Waals surface area contributed by atoms with Crippen LogP contribution in [0.2, 0.25) is 0 Å². The fourth-order valence-electron chi connectivity index (χ4n) is 1.78. The summed E-state index contributed by atoms with van der Waals surface area (Å²) in [5.41, 5.74) is 15.0. The second-order valence-corrected chi connectivity index (χ2v) is 3.78. The van der Waals surface area contributed by atoms with Gasteiger partial charge in [-0.15, -0.1) is 0 Å². The van der Waals surface area contributed by atoms with E-state index >= 15 is 0 Å². The summed E-state index contributed by atoms with van der Waals surface area (Å²) in [6.45, 7) is 2.58. The Morgan fingerprint density at radius 2 is 1.76 bits per heavy atom. The number of rotatable bonds is 3. The third-order valence-corrected chi connectivity index (χ3v) is 2.55. The van der Waals surface area contributed by atoms with Crippen molar-refractivity contribution in [3.63, 3.8) is 0 Å². The van der Waals surface area contributed by atoms with Crippen LogP contribution in [0.4, 0.5) is 11.4 Å². The minimum Gasteiger partial charge on any atom is -0.493 e. The Balaban J connectivity index is 2.55. The molecule has 17 heavy (non-hydrogen) atoms. The highest BCUT2D eigenvalue weighted by Crippen LogP contribution is 2.34. The lowest BCUT2D eigenvalue weighted by Gasteiger charge is -2.12. The van der Waals surface area contributed by atoms with Crippen molar-refractivity contribution in [3.05, 3.63) is 42.5 Å². The third-order valence-electron chi connectivity index (χ3n) is 2.55. The summed E-state index contributed by atoms with van der Waals surface area (Å²) in [6, 6.07) is 13.3. The normalized spacial score (nSPS) is 10.2. The molecule has 0 saturated heterocycles. The number of para-hydroxylation sites is 1. The maximum Gasteiger partial charge on any atom is 0.127 e. The minimum absolute atomic E-state index is 0.624. The van der Waals surface area contributed by atoms with E-state index in [0.29, 0.717) is 18.0 Å². The lowest BCUT2D eigenvalue weighted by atomic mass is 10.0. The smallest absolute Gasteiger partial charge is 0.127 e. The number of nitrogens with two attached hydrogens (primary N) is 2. The van der Waals surface area contributed by atoms with Crippen LogP contribution in [0.3, 0.4) is 0 Å². The first kappa shape index (κ1) is 11.3. The van der Waals surface area contributed by atoms with Crippen molar-refractivity contribution < 1.29 is 4.74 Å². The molecule has 0 atom stereocenters. The fraction of sp³-hybridized carbons (Fsp3) is 0.143. The van der Waals surface area contributed by atoms with Crippen LogP contribution in [0.15, 0.2) is 42.5 Å². The second kappa shape index (κ2) is 4.78. The Kier molecular flexibility index (Phi) is 3.19. The van der Waals surface area contributed by atoms with E-state index in [4.69, 9.17) is 16.2 Å². The van der Waals surface area contributed by atoms with Gasteiger partial charge >= 0.3 is 0 Å². The number of benzene rings is 2. The van der Waals surface area contributed by atoms with Gasteiger partial charge < -0.3 is 16.2 Å². The second-order valence-electron chi connectivity index (χ2n) is 3.78. The maximum absolute atomic E-state index is 5.98. The van der Waals surface area contributed by atoms with Gasteiger partial charge in [-0.05, 0) is 31.2 Å². The fourth-order valence-corrected chi connectivity index (χ4v) is 1.78. The van der Waals surface area contributed by atoms with Gasteiger partial charge in [0.1, 0.15) is 5.75 Å². The van der Waals surface area contributed by atoms with Crippen molar-refractivity contribution in [1.82, 2.24) is 0 Å². The first-order valence-electron chi connectivity index (χ1n) is 5.59. The Bertz CT molecular complexity index is 523. The molecule has 2 aromatic rings. The van der Waals surface area contributed by atoms with Crippen LogP contribution in [-0.2, 0) is 0 Å². The molecule has 0 unspecified atom stereocenters. The summed E-state index contributed by atoms with van der Waals surface area (Å²) in [5, 5.41) is 0. The van der Waals surface area contributed by atoms with Crippen molar-refractivity contribution in [3.8, 4) is 16.9 Å². The van der Waals surface area contributed by atoms with Crippen molar-refractivity contribution in [2.24, 2.45) is 0 Å². The van der Waals surface area contributed by atoms with Gasteiger partial charge in [0.25, 0.3) is 0 Å². The highest BCUT2D eigenvalue weighted by atomic mass is 16.5. The molecular weight excluding hydrogens is 212 g/mol. The van der Waals surface area contributed by atoms with Gasteiger partial charge in [-0.25, -0.2) is 0 Å². The SMILES string of the molecule is CCOc1ccccc1-c1cc(N)ccc1N. The number of ether oxygens (including phenoxy) is 1. The molecule has 0 aliphatic rings. The van der Waals surface area contributed by atoms with Crippen LogP contribution < -0.4 is 16.2 Å². The average molecular weight is 228 g/mol. The van der Waals surface area contributed by atoms with Crippen LogP contribution in [0.5, 0.6) is 5.75 Å². The number of nitrogen functional groups attached to an aromatic ring is 2. The van der Waals surface area contributed by atoms with Crippen LogP contribution in [0.1, 0.15) is 6.92 Å². The summed E-state index contributed by atoms with van der Waals surface area (Å²) >= 11 is 0. The van der Waals surface area contributed by atoms with Gasteiger partial charge in [-0.3, -0.25) is 0 Å². The standard InChI is InChI=1S/C14H16N2O/c1-2-17-14-6-4-3-5-11(14)12-9-10(15)7-8-13(12)16/h3-9H,2,15-16H2,1H3. The highest BCUT2D eigenvalue weighted by Gasteiger charge is 2.08. The van der Waals surface area contributed by atoms with Crippen molar-refractivity contribution >= 4 is 11.4 Å². The molecule has 0 aliphatic carbocycles. The molecule has 0 saturated carbocycles. The van der Waals surface area contributed by atoms with Gasteiger partial charge in [-0.2, -0.15) is 0 Å². The van der Waals surface area contributed by atoms with Crippen LogP contribution >= 0.6 is 0 Å². The van der Waals surface area contributed by atoms with Crippen LogP contribution in [0.25, 0.3) is 11.1 Å². The Morgan fingerprint density at radius 3 is 2.53 bits per heavy atom. The molecule has 0 radical (unpaired) electrons. The van der Waals surface area contributed by atoms with E-state index in [-0.39, 0.29) is 0 Å². The molecular formula is C14H16N2O. The van der Waals surface area contributed by atoms with Gasteiger partial charge in [0.2, 0.25) is 0 Å². The minimum atomic E-state index is 0.624. The first-order chi connectivity index (χ1) is 8.22. The lowest BCUT2D eigenvalue weighted by molar-refractivity contribution is 0.341. The van der Waals surface area contributed by atoms with Crippen molar-refractivity contribution in [2.45, 2.75) is 6.92 Å². The van der Waals surface area contributed by atoms with E-state index in [9.17, 15) is 0 Å². The topological polar surface area (TPSA) is 61.3 Å². The lowest BCUT2D eigenvalue weighted by Crippen LogP contribution is -1.97. The molecule has 0 heterocycles. The zero-order valence-corrected chi connectivity index (χ0v) is 9.81. The first-order valence-corrected chi connectivity index (χ1v) is 5.59. The maximum atomic E-state index is 5.98. The molecule has 0 aromatic heterocycles. The molecule has 0 spiro atoms. The van der Waals surface area contributed by atoms with Gasteiger partial charge in [0, 0.05) is 22.5 Å². The van der Waals surface area contributed by atoms with E-state index in [1.54, 1.807) is 6.07 Å². The summed E-state index contributed by atoms with van der Waals surface area (Å²) in [5.74, 6) is 0.826. The zero-order chi connectivity index (χ0) is 12.3. The van der Waals surface area contributed by atoms with Crippen molar-refractivity contribution in [1.29, 1.82) is 0 Å². The van der Waals surface area contributed by atoms with Crippen LogP contribution in [-0.4, -0.2) is 6.61 Å². The summed E-state index contributed by atoms with van der Waals surface area (Å²) in [7, 11) is 0. The van der Waals surface area contributed by atoms with Crippen LogP contribution in [0, 0.1) is 0 Å². The summed E-state index contributed by atoms with van der Waals surface area (Å²) < 4.78 is 5.59. The average Bonchev–Trinajstić information content (AvgIpc) is 2.34. The number of anilines is 2. The quantitative estimate of drug-likeness (QED) is 0.794. The predicted octanol–water partition coefficient (Wildman–Crippen LogP) is 2.92. The molecule has 4 N–H and O–H groups in total. The molecule has 2 rings (SSSR count). The molecule has 3 nitrogen and oxygen atoms in total. The van der Waals surface area contributed by atoms with Gasteiger partial charge in [0.05, 0.1) is 6.61 Å². The molecule has 2 aromatic carbocycles. The summed E-state index contributed by atoms with van der Waals surface area (Å²) in [4.78, 5) is 0. The predicted molar refractivity (Wildman–Crippen MR) is 71.9 cm³/mol. The third kappa shape index (κ3) is 2.33. The van der Waals surface area contributed by atoms with E-state index in [0.717, 1.165) is 16.9 Å². The molecule has 0 bridgehead atoms. The zero-order valence-electron chi connectivity index (χ0n) is 9.81. The van der Waals surface area contributed by atoms with Gasteiger partial charge in [0.15, 0.2) is 0 Å². The summed E-state index contributed by atoms with van der Waals surface area (Å²) in [6.07, 6.45) is 0. The molecule has 0 fully saturated rings. The van der Waals surface area contributed by atoms with E-state index < -0.39 is 0 Å². The highest BCUT2D eigenvalue weighted by molar-refractivity contribution is 5.82. The van der Waals surface area contributed by atoms with Gasteiger partial charge in [-0.1, -0.05) is 18.2 Å². The van der Waals surface area contributed by atoms with E-state index in [1.165, 1.54) is 0 Å². The Morgan fingerprint density at radius 1 is 1.00 bits per heavy atom. The number of hydrogen-bond donors (Lipinski definition) is 2. The molecule has 0 amide bonds. The van der Waals surface area contributed by atoms with E-state index in [1.807, 2.05) is 43.3 Å². The Hall–Kier alpha value is -2.16. The largest absolute Gasteiger partial charge is 0.493 e. The Labute approximate surface area is 101 Å². The number of hydrogen-bond acceptors (Lipinski definition) is 3. The van der Waals surface area contributed by atoms with E-state index in [2.05, 4.69) is 0 Å².